The Labute approximate surface area is 168 Å². The Kier molecular flexibility index (Phi) is 5.03. The highest BCUT2D eigenvalue weighted by Gasteiger charge is 2.21. The minimum absolute atomic E-state index is 0.334. The molecule has 0 spiro atoms. The summed E-state index contributed by atoms with van der Waals surface area (Å²) >= 11 is 0. The van der Waals surface area contributed by atoms with Gasteiger partial charge in [0, 0.05) is 56.7 Å². The summed E-state index contributed by atoms with van der Waals surface area (Å²) in [5, 5.41) is 7.77. The largest absolute Gasteiger partial charge is 0.492 e. The number of aromatic nitrogens is 3. The molecule has 4 heterocycles. The highest BCUT2D eigenvalue weighted by atomic mass is 19.1. The summed E-state index contributed by atoms with van der Waals surface area (Å²) in [7, 11) is 0. The summed E-state index contributed by atoms with van der Waals surface area (Å²) in [5.41, 5.74) is 2.17. The molecule has 0 saturated carbocycles. The molecule has 2 aromatic heterocycles. The van der Waals surface area contributed by atoms with Gasteiger partial charge in [0.1, 0.15) is 24.0 Å². The van der Waals surface area contributed by atoms with Crippen LogP contribution >= 0.6 is 0 Å². The third-order valence-corrected chi connectivity index (χ3v) is 5.61. The maximum Gasteiger partial charge on any atom is 0.165 e. The Morgan fingerprint density at radius 3 is 2.90 bits per heavy atom. The predicted octanol–water partition coefficient (Wildman–Crippen LogP) is 2.82. The summed E-state index contributed by atoms with van der Waals surface area (Å²) in [6, 6.07) is 7.16. The number of hydrogen-bond acceptors (Lipinski definition) is 6. The highest BCUT2D eigenvalue weighted by molar-refractivity contribution is 5.78. The van der Waals surface area contributed by atoms with Gasteiger partial charge in [-0.15, -0.1) is 0 Å². The Bertz CT molecular complexity index is 1000. The van der Waals surface area contributed by atoms with Crippen molar-refractivity contribution in [2.45, 2.75) is 18.9 Å². The second kappa shape index (κ2) is 7.96. The van der Waals surface area contributed by atoms with Gasteiger partial charge in [0.2, 0.25) is 0 Å². The van der Waals surface area contributed by atoms with E-state index in [0.717, 1.165) is 57.1 Å². The number of rotatable bonds is 1. The van der Waals surface area contributed by atoms with E-state index in [-0.39, 0.29) is 5.82 Å². The SMILES string of the molecule is Fc1cc2cc(c1)-c1cnn3ccc(nc13)NCCN(C1CCOCC1)CCO2. The predicted molar refractivity (Wildman–Crippen MR) is 108 cm³/mol. The van der Waals surface area contributed by atoms with Crippen LogP contribution in [0, 0.1) is 5.82 Å². The van der Waals surface area contributed by atoms with Crippen molar-refractivity contribution in [3.63, 3.8) is 0 Å². The van der Waals surface area contributed by atoms with E-state index in [2.05, 4.69) is 15.3 Å². The van der Waals surface area contributed by atoms with Crippen LogP contribution in [0.2, 0.25) is 0 Å². The lowest BCUT2D eigenvalue weighted by Gasteiger charge is -2.34. The first kappa shape index (κ1) is 18.3. The lowest BCUT2D eigenvalue weighted by Crippen LogP contribution is -2.43. The Morgan fingerprint density at radius 2 is 2.00 bits per heavy atom. The van der Waals surface area contributed by atoms with E-state index in [1.807, 2.05) is 18.3 Å². The Hall–Kier alpha value is -2.71. The monoisotopic (exact) mass is 397 g/mol. The van der Waals surface area contributed by atoms with Gasteiger partial charge in [0.25, 0.3) is 0 Å². The molecule has 7 nitrogen and oxygen atoms in total. The fraction of sp³-hybridized carbons (Fsp3) is 0.429. The minimum atomic E-state index is -0.334. The molecular formula is C21H24FN5O2. The number of halogens is 1. The van der Waals surface area contributed by atoms with Crippen molar-refractivity contribution < 1.29 is 13.9 Å². The van der Waals surface area contributed by atoms with E-state index in [1.54, 1.807) is 10.7 Å². The van der Waals surface area contributed by atoms with E-state index >= 15 is 0 Å². The number of nitrogens with one attached hydrogen (secondary N) is 1. The smallest absolute Gasteiger partial charge is 0.165 e. The third-order valence-electron chi connectivity index (χ3n) is 5.61. The number of fused-ring (bicyclic) bond motifs is 4. The minimum Gasteiger partial charge on any atom is -0.492 e. The van der Waals surface area contributed by atoms with Crippen LogP contribution < -0.4 is 10.1 Å². The van der Waals surface area contributed by atoms with Crippen LogP contribution in [0.15, 0.2) is 36.7 Å². The molecule has 8 heteroatoms. The van der Waals surface area contributed by atoms with Gasteiger partial charge in [0.05, 0.1) is 6.20 Å². The topological polar surface area (TPSA) is 63.9 Å². The molecule has 1 aromatic carbocycles. The van der Waals surface area contributed by atoms with Crippen molar-refractivity contribution in [3.8, 4) is 16.9 Å². The van der Waals surface area contributed by atoms with Crippen LogP contribution in [-0.2, 0) is 4.74 Å². The molecule has 0 aliphatic carbocycles. The number of hydrogen-bond donors (Lipinski definition) is 1. The van der Waals surface area contributed by atoms with Gasteiger partial charge in [0.15, 0.2) is 5.65 Å². The van der Waals surface area contributed by atoms with Crippen LogP contribution in [-0.4, -0.2) is 65.0 Å². The molecule has 0 atom stereocenters. The van der Waals surface area contributed by atoms with Crippen LogP contribution in [0.4, 0.5) is 10.2 Å². The van der Waals surface area contributed by atoms with Crippen LogP contribution in [0.1, 0.15) is 12.8 Å². The quantitative estimate of drug-likeness (QED) is 0.681. The average Bonchev–Trinajstić information content (AvgIpc) is 3.16. The highest BCUT2D eigenvalue weighted by Crippen LogP contribution is 2.29. The normalized spacial score (nSPS) is 18.9. The summed E-state index contributed by atoms with van der Waals surface area (Å²) in [5.74, 6) is 0.980. The van der Waals surface area contributed by atoms with E-state index in [0.29, 0.717) is 29.6 Å². The molecule has 5 rings (SSSR count). The summed E-state index contributed by atoms with van der Waals surface area (Å²) in [4.78, 5) is 7.15. The summed E-state index contributed by atoms with van der Waals surface area (Å²) in [6.45, 7) is 4.54. The Balaban J connectivity index is 1.50. The maximum absolute atomic E-state index is 14.3. The molecular weight excluding hydrogens is 373 g/mol. The fourth-order valence-corrected chi connectivity index (χ4v) is 4.11. The molecule has 1 N–H and O–H groups in total. The lowest BCUT2D eigenvalue weighted by atomic mass is 10.1. The van der Waals surface area contributed by atoms with Gasteiger partial charge in [-0.25, -0.2) is 13.9 Å². The van der Waals surface area contributed by atoms with Crippen molar-refractivity contribution >= 4 is 11.5 Å². The molecule has 0 radical (unpaired) electrons. The van der Waals surface area contributed by atoms with Crippen LogP contribution in [0.25, 0.3) is 16.8 Å². The third kappa shape index (κ3) is 3.90. The second-order valence-electron chi connectivity index (χ2n) is 7.47. The molecule has 1 saturated heterocycles. The van der Waals surface area contributed by atoms with Gasteiger partial charge in [-0.2, -0.15) is 5.10 Å². The lowest BCUT2D eigenvalue weighted by molar-refractivity contribution is 0.0309. The second-order valence-corrected chi connectivity index (χ2v) is 7.47. The van der Waals surface area contributed by atoms with Gasteiger partial charge in [-0.3, -0.25) is 4.90 Å². The average molecular weight is 397 g/mol. The van der Waals surface area contributed by atoms with E-state index in [1.165, 1.54) is 12.1 Å². The van der Waals surface area contributed by atoms with Gasteiger partial charge in [-0.05, 0) is 36.6 Å². The first-order chi connectivity index (χ1) is 14.3. The number of anilines is 1. The van der Waals surface area contributed by atoms with Crippen molar-refractivity contribution in [2.75, 3.05) is 44.8 Å². The molecule has 0 amide bonds. The van der Waals surface area contributed by atoms with E-state index in [4.69, 9.17) is 14.5 Å². The molecule has 2 aliphatic heterocycles. The van der Waals surface area contributed by atoms with Crippen molar-refractivity contribution in [1.82, 2.24) is 19.5 Å². The van der Waals surface area contributed by atoms with Gasteiger partial charge < -0.3 is 14.8 Å². The molecule has 29 heavy (non-hydrogen) atoms. The zero-order valence-electron chi connectivity index (χ0n) is 16.2. The van der Waals surface area contributed by atoms with E-state index < -0.39 is 0 Å². The zero-order valence-corrected chi connectivity index (χ0v) is 16.2. The summed E-state index contributed by atoms with van der Waals surface area (Å²) < 4.78 is 27.4. The molecule has 4 bridgehead atoms. The molecule has 0 unspecified atom stereocenters. The molecule has 152 valence electrons. The Morgan fingerprint density at radius 1 is 1.10 bits per heavy atom. The maximum atomic E-state index is 14.3. The first-order valence-electron chi connectivity index (χ1n) is 10.1. The van der Waals surface area contributed by atoms with Gasteiger partial charge >= 0.3 is 0 Å². The standard InChI is InChI=1S/C21H24FN5O2/c22-16-11-15-12-18(13-16)29-10-7-26(17-2-8-28-9-3-17)6-4-23-20-1-5-27-21(25-20)19(15)14-24-27/h1,5,11-14,17H,2-4,6-10H2,(H,23,25). The zero-order chi connectivity index (χ0) is 19.6. The molecule has 3 aromatic rings. The molecule has 1 fully saturated rings. The fourth-order valence-electron chi connectivity index (χ4n) is 4.11. The van der Waals surface area contributed by atoms with Crippen molar-refractivity contribution in [2.24, 2.45) is 0 Å². The van der Waals surface area contributed by atoms with Crippen LogP contribution in [0.5, 0.6) is 5.75 Å². The molecule has 2 aliphatic rings. The van der Waals surface area contributed by atoms with Crippen molar-refractivity contribution in [1.29, 1.82) is 0 Å². The van der Waals surface area contributed by atoms with Crippen molar-refractivity contribution in [3.05, 3.63) is 42.5 Å². The number of nitrogens with zero attached hydrogens (tertiary/aromatic N) is 4. The number of ether oxygens (including phenoxy) is 2. The van der Waals surface area contributed by atoms with Crippen LogP contribution in [0.3, 0.4) is 0 Å². The number of benzene rings is 1. The van der Waals surface area contributed by atoms with Gasteiger partial charge in [-0.1, -0.05) is 0 Å². The summed E-state index contributed by atoms with van der Waals surface area (Å²) in [6.07, 6.45) is 5.62. The first-order valence-corrected chi connectivity index (χ1v) is 10.1. The van der Waals surface area contributed by atoms with E-state index in [9.17, 15) is 4.39 Å².